The van der Waals surface area contributed by atoms with E-state index >= 15 is 0 Å². The lowest BCUT2D eigenvalue weighted by Gasteiger charge is -2.36. The third-order valence-corrected chi connectivity index (χ3v) is 4.94. The molecule has 0 fully saturated rings. The van der Waals surface area contributed by atoms with E-state index in [0.717, 1.165) is 42.8 Å². The molecule has 0 aromatic heterocycles. The average molecular weight is 387 g/mol. The number of allylic oxidation sites excluding steroid dienone is 4. The van der Waals surface area contributed by atoms with Crippen LogP contribution in [-0.2, 0) is 0 Å². The zero-order valence-corrected chi connectivity index (χ0v) is 16.5. The lowest BCUT2D eigenvalue weighted by atomic mass is 9.69. The van der Waals surface area contributed by atoms with Crippen molar-refractivity contribution in [1.82, 2.24) is 4.72 Å². The van der Waals surface area contributed by atoms with Crippen LogP contribution in [0, 0.1) is 11.2 Å². The predicted molar refractivity (Wildman–Crippen MR) is 116 cm³/mol. The molecular formula is C21H27FN4S. The second-order valence-corrected chi connectivity index (χ2v) is 6.81. The van der Waals surface area contributed by atoms with Crippen LogP contribution >= 0.6 is 12.8 Å². The molecule has 0 saturated heterocycles. The first kappa shape index (κ1) is 21.0. The fourth-order valence-corrected chi connectivity index (χ4v) is 3.37. The number of rotatable bonds is 9. The molecule has 0 radical (unpaired) electrons. The number of aliphatic imine (C=N–C) groups is 1. The van der Waals surface area contributed by atoms with E-state index in [9.17, 15) is 4.39 Å². The molecule has 0 saturated carbocycles. The van der Waals surface area contributed by atoms with Gasteiger partial charge in [-0.05, 0) is 61.4 Å². The summed E-state index contributed by atoms with van der Waals surface area (Å²) in [5, 5.41) is 3.35. The molecule has 1 aliphatic carbocycles. The molecule has 6 heteroatoms. The summed E-state index contributed by atoms with van der Waals surface area (Å²) in [7, 11) is 1.73. The summed E-state index contributed by atoms with van der Waals surface area (Å²) in [5.74, 6) is -0.251. The molecule has 0 heterocycles. The second kappa shape index (κ2) is 10.1. The summed E-state index contributed by atoms with van der Waals surface area (Å²) < 4.78 is 16.0. The molecule has 4 nitrogen and oxygen atoms in total. The lowest BCUT2D eigenvalue weighted by Crippen LogP contribution is -2.27. The fourth-order valence-electron chi connectivity index (χ4n) is 3.26. The Kier molecular flexibility index (Phi) is 7.88. The SMILES string of the molecule is C=CC1(C/C(C=NC)=C/N)CC=C(Nc2ccc(F)cc2)C=C1CCNS. The van der Waals surface area contributed by atoms with Gasteiger partial charge in [0.15, 0.2) is 0 Å². The summed E-state index contributed by atoms with van der Waals surface area (Å²) in [5.41, 5.74) is 9.58. The van der Waals surface area contributed by atoms with Crippen molar-refractivity contribution >= 4 is 24.7 Å². The monoisotopic (exact) mass is 386 g/mol. The standard InChI is InChI=1S/C21H27FN4S/c1-3-21(13-16(14-23)15-24-2)10-8-20(12-17(21)9-11-25-27)26-19-6-4-18(22)5-7-19/h3-8,12,14-15,25-27H,1,9-11,13,23H2,2H3/b16-14-,24-15?. The molecule has 0 spiro atoms. The predicted octanol–water partition coefficient (Wildman–Crippen LogP) is 4.38. The first-order chi connectivity index (χ1) is 13.1. The van der Waals surface area contributed by atoms with Gasteiger partial charge in [0.25, 0.3) is 0 Å². The van der Waals surface area contributed by atoms with Crippen LogP contribution in [0.25, 0.3) is 0 Å². The van der Waals surface area contributed by atoms with E-state index in [1.54, 1.807) is 31.6 Å². The minimum Gasteiger partial charge on any atom is -0.404 e. The van der Waals surface area contributed by atoms with Crippen LogP contribution in [-0.4, -0.2) is 19.8 Å². The number of hydrogen-bond acceptors (Lipinski definition) is 5. The number of thiol groups is 1. The maximum absolute atomic E-state index is 13.1. The van der Waals surface area contributed by atoms with Crippen LogP contribution in [0.2, 0.25) is 0 Å². The Morgan fingerprint density at radius 2 is 2.15 bits per heavy atom. The minimum absolute atomic E-state index is 0.231. The van der Waals surface area contributed by atoms with Gasteiger partial charge in [0, 0.05) is 36.6 Å². The molecular weight excluding hydrogens is 359 g/mol. The molecule has 1 aromatic rings. The molecule has 0 bridgehead atoms. The highest BCUT2D eigenvalue weighted by Gasteiger charge is 2.33. The highest BCUT2D eigenvalue weighted by atomic mass is 32.1. The van der Waals surface area contributed by atoms with Gasteiger partial charge in [-0.2, -0.15) is 0 Å². The van der Waals surface area contributed by atoms with Crippen molar-refractivity contribution in [1.29, 1.82) is 0 Å². The van der Waals surface area contributed by atoms with Gasteiger partial charge in [-0.1, -0.05) is 30.5 Å². The third-order valence-electron chi connectivity index (χ3n) is 4.71. The van der Waals surface area contributed by atoms with Crippen molar-refractivity contribution in [3.05, 3.63) is 77.9 Å². The van der Waals surface area contributed by atoms with Crippen molar-refractivity contribution in [3.8, 4) is 0 Å². The fraction of sp³-hybridized carbons (Fsp3) is 0.286. The Morgan fingerprint density at radius 1 is 1.41 bits per heavy atom. The molecule has 27 heavy (non-hydrogen) atoms. The zero-order valence-electron chi connectivity index (χ0n) is 15.6. The van der Waals surface area contributed by atoms with Gasteiger partial charge in [-0.3, -0.25) is 9.71 Å². The molecule has 1 aliphatic rings. The summed E-state index contributed by atoms with van der Waals surface area (Å²) in [4.78, 5) is 4.09. The minimum atomic E-state index is -0.251. The van der Waals surface area contributed by atoms with Crippen molar-refractivity contribution in [2.75, 3.05) is 18.9 Å². The van der Waals surface area contributed by atoms with E-state index in [0.29, 0.717) is 0 Å². The van der Waals surface area contributed by atoms with Crippen LogP contribution in [0.4, 0.5) is 10.1 Å². The van der Waals surface area contributed by atoms with E-state index < -0.39 is 0 Å². The normalized spacial score (nSPS) is 20.3. The first-order valence-electron chi connectivity index (χ1n) is 8.84. The van der Waals surface area contributed by atoms with Gasteiger partial charge < -0.3 is 11.1 Å². The number of halogens is 1. The smallest absolute Gasteiger partial charge is 0.123 e. The van der Waals surface area contributed by atoms with Crippen LogP contribution in [0.5, 0.6) is 0 Å². The van der Waals surface area contributed by atoms with Gasteiger partial charge >= 0.3 is 0 Å². The second-order valence-electron chi connectivity index (χ2n) is 6.49. The number of nitrogens with one attached hydrogen (secondary N) is 2. The maximum Gasteiger partial charge on any atom is 0.123 e. The van der Waals surface area contributed by atoms with Gasteiger partial charge in [0.2, 0.25) is 0 Å². The Bertz CT molecular complexity index is 765. The molecule has 0 aliphatic heterocycles. The maximum atomic E-state index is 13.1. The molecule has 1 aromatic carbocycles. The third kappa shape index (κ3) is 5.58. The van der Waals surface area contributed by atoms with Crippen LogP contribution in [0.1, 0.15) is 19.3 Å². The van der Waals surface area contributed by atoms with Crippen LogP contribution in [0.15, 0.2) is 77.1 Å². The summed E-state index contributed by atoms with van der Waals surface area (Å²) in [6.45, 7) is 4.83. The number of nitrogens with two attached hydrogens (primary N) is 1. The van der Waals surface area contributed by atoms with Gasteiger partial charge in [-0.15, -0.1) is 6.58 Å². The number of hydrogen-bond donors (Lipinski definition) is 4. The Hall–Kier alpha value is -2.31. The summed E-state index contributed by atoms with van der Waals surface area (Å²) >= 11 is 4.12. The molecule has 4 N–H and O–H groups in total. The van der Waals surface area contributed by atoms with Gasteiger partial charge in [0.1, 0.15) is 5.82 Å². The van der Waals surface area contributed by atoms with Crippen molar-refractivity contribution in [3.63, 3.8) is 0 Å². The number of nitrogens with zero attached hydrogens (tertiary/aromatic N) is 1. The van der Waals surface area contributed by atoms with Gasteiger partial charge in [-0.25, -0.2) is 4.39 Å². The molecule has 1 atom stereocenters. The Morgan fingerprint density at radius 3 is 2.74 bits per heavy atom. The topological polar surface area (TPSA) is 62.4 Å². The highest BCUT2D eigenvalue weighted by molar-refractivity contribution is 7.78. The quantitative estimate of drug-likeness (QED) is 0.289. The number of benzene rings is 1. The van der Waals surface area contributed by atoms with Crippen molar-refractivity contribution < 1.29 is 4.39 Å². The van der Waals surface area contributed by atoms with Crippen LogP contribution < -0.4 is 15.8 Å². The molecule has 144 valence electrons. The lowest BCUT2D eigenvalue weighted by molar-refractivity contribution is 0.443. The van der Waals surface area contributed by atoms with E-state index in [4.69, 9.17) is 5.73 Å². The van der Waals surface area contributed by atoms with E-state index in [2.05, 4.69) is 46.6 Å². The van der Waals surface area contributed by atoms with E-state index in [-0.39, 0.29) is 11.2 Å². The van der Waals surface area contributed by atoms with E-state index in [1.807, 2.05) is 6.08 Å². The largest absolute Gasteiger partial charge is 0.404 e. The van der Waals surface area contributed by atoms with E-state index in [1.165, 1.54) is 17.7 Å². The summed E-state index contributed by atoms with van der Waals surface area (Å²) in [6, 6.07) is 6.33. The Labute approximate surface area is 166 Å². The average Bonchev–Trinajstić information content (AvgIpc) is 2.69. The molecule has 0 amide bonds. The highest BCUT2D eigenvalue weighted by Crippen LogP contribution is 2.44. The van der Waals surface area contributed by atoms with Crippen LogP contribution in [0.3, 0.4) is 0 Å². The van der Waals surface area contributed by atoms with Gasteiger partial charge in [0.05, 0.1) is 0 Å². The first-order valence-corrected chi connectivity index (χ1v) is 9.29. The van der Waals surface area contributed by atoms with Crippen molar-refractivity contribution in [2.45, 2.75) is 19.3 Å². The summed E-state index contributed by atoms with van der Waals surface area (Å²) in [6.07, 6.45) is 12.0. The van der Waals surface area contributed by atoms with Crippen molar-refractivity contribution in [2.24, 2.45) is 16.1 Å². The Balaban J connectivity index is 2.29. The zero-order chi connectivity index (χ0) is 19.7. The molecule has 1 unspecified atom stereocenters. The number of anilines is 1. The molecule has 2 rings (SSSR count).